The molecule has 0 amide bonds. The predicted octanol–water partition coefficient (Wildman–Crippen LogP) is 3.15. The Morgan fingerprint density at radius 3 is 2.68 bits per heavy atom. The van der Waals surface area contributed by atoms with Gasteiger partial charge in [0.05, 0.1) is 16.7 Å². The molecule has 0 atom stereocenters. The smallest absolute Gasteiger partial charge is 0.262 e. The molecule has 0 spiro atoms. The van der Waals surface area contributed by atoms with E-state index >= 15 is 0 Å². The maximum Gasteiger partial charge on any atom is 0.262 e. The highest BCUT2D eigenvalue weighted by molar-refractivity contribution is 7.98. The molecule has 4 rings (SSSR count). The molecule has 0 bridgehead atoms. The summed E-state index contributed by atoms with van der Waals surface area (Å²) < 4.78 is 29.6. The molecule has 0 saturated carbocycles. The van der Waals surface area contributed by atoms with Crippen molar-refractivity contribution < 1.29 is 8.78 Å². The molecule has 4 aromatic rings. The fourth-order valence-electron chi connectivity index (χ4n) is 2.70. The number of para-hydroxylation sites is 1. The summed E-state index contributed by atoms with van der Waals surface area (Å²) in [4.78, 5) is 13.0. The molecule has 0 aliphatic heterocycles. The first-order valence-corrected chi connectivity index (χ1v) is 8.44. The van der Waals surface area contributed by atoms with Gasteiger partial charge in [0, 0.05) is 11.9 Å². The normalized spacial score (nSPS) is 11.5. The van der Waals surface area contributed by atoms with Crippen molar-refractivity contribution in [3.05, 3.63) is 70.3 Å². The van der Waals surface area contributed by atoms with Crippen molar-refractivity contribution >= 4 is 28.4 Å². The van der Waals surface area contributed by atoms with Crippen LogP contribution < -0.4 is 5.56 Å². The Hall–Kier alpha value is -2.74. The van der Waals surface area contributed by atoms with Crippen molar-refractivity contribution in [2.45, 2.75) is 10.6 Å². The number of hydrogen-bond donors (Lipinski definition) is 0. The van der Waals surface area contributed by atoms with E-state index in [1.165, 1.54) is 22.4 Å². The Labute approximate surface area is 144 Å². The van der Waals surface area contributed by atoms with Crippen molar-refractivity contribution in [3.63, 3.8) is 0 Å². The average molecular weight is 358 g/mol. The molecule has 25 heavy (non-hydrogen) atoms. The molecule has 2 heterocycles. The van der Waals surface area contributed by atoms with Crippen LogP contribution in [0.1, 0.15) is 5.82 Å². The van der Waals surface area contributed by atoms with E-state index in [4.69, 9.17) is 0 Å². The Morgan fingerprint density at radius 1 is 1.08 bits per heavy atom. The number of benzene rings is 2. The Morgan fingerprint density at radius 2 is 1.88 bits per heavy atom. The van der Waals surface area contributed by atoms with Crippen LogP contribution in [0.4, 0.5) is 8.78 Å². The van der Waals surface area contributed by atoms with Crippen molar-refractivity contribution in [2.75, 3.05) is 0 Å². The minimum Gasteiger partial charge on any atom is -0.279 e. The van der Waals surface area contributed by atoms with Crippen LogP contribution in [-0.2, 0) is 12.8 Å². The fraction of sp³-hybridized carbons (Fsp3) is 0.118. The van der Waals surface area contributed by atoms with E-state index in [-0.39, 0.29) is 5.56 Å². The minimum atomic E-state index is -0.885. The monoisotopic (exact) mass is 358 g/mol. The standard InChI is InChI=1S/C17H12F2N4OS/c1-22-16(24)11-4-2-3-5-14(11)23-15(20-21-17(22)23)9-25-10-6-7-12(18)13(19)8-10/h2-8H,9H2,1H3. The molecular formula is C17H12F2N4OS. The lowest BCUT2D eigenvalue weighted by Crippen LogP contribution is -2.20. The summed E-state index contributed by atoms with van der Waals surface area (Å²) in [6.07, 6.45) is 0. The fourth-order valence-corrected chi connectivity index (χ4v) is 3.53. The van der Waals surface area contributed by atoms with E-state index in [1.54, 1.807) is 19.2 Å². The zero-order chi connectivity index (χ0) is 17.6. The molecule has 0 radical (unpaired) electrons. The minimum absolute atomic E-state index is 0.143. The van der Waals surface area contributed by atoms with Crippen LogP contribution in [0.3, 0.4) is 0 Å². The molecular weight excluding hydrogens is 346 g/mol. The third-order valence-corrected chi connectivity index (χ3v) is 4.94. The van der Waals surface area contributed by atoms with E-state index in [2.05, 4.69) is 10.2 Å². The Balaban J connectivity index is 1.80. The van der Waals surface area contributed by atoms with Gasteiger partial charge in [0.2, 0.25) is 5.78 Å². The van der Waals surface area contributed by atoms with Crippen LogP contribution in [0.15, 0.2) is 52.2 Å². The number of rotatable bonds is 3. The van der Waals surface area contributed by atoms with Crippen molar-refractivity contribution in [1.82, 2.24) is 19.2 Å². The number of nitrogens with zero attached hydrogens (tertiary/aromatic N) is 4. The highest BCUT2D eigenvalue weighted by Crippen LogP contribution is 2.25. The number of halogens is 2. The Kier molecular flexibility index (Phi) is 3.76. The van der Waals surface area contributed by atoms with Gasteiger partial charge in [-0.15, -0.1) is 22.0 Å². The Bertz CT molecular complexity index is 1170. The van der Waals surface area contributed by atoms with Gasteiger partial charge in [0.15, 0.2) is 11.6 Å². The number of aryl methyl sites for hydroxylation is 1. The molecule has 2 aromatic heterocycles. The van der Waals surface area contributed by atoms with Gasteiger partial charge < -0.3 is 0 Å². The average Bonchev–Trinajstić information content (AvgIpc) is 3.05. The first-order chi connectivity index (χ1) is 12.1. The molecule has 0 N–H and O–H groups in total. The van der Waals surface area contributed by atoms with Crippen molar-refractivity contribution in [2.24, 2.45) is 7.05 Å². The molecule has 0 fully saturated rings. The molecule has 126 valence electrons. The van der Waals surface area contributed by atoms with E-state index < -0.39 is 11.6 Å². The van der Waals surface area contributed by atoms with E-state index in [1.807, 2.05) is 16.5 Å². The summed E-state index contributed by atoms with van der Waals surface area (Å²) in [5.74, 6) is -0.308. The van der Waals surface area contributed by atoms with Gasteiger partial charge in [0.1, 0.15) is 5.82 Å². The van der Waals surface area contributed by atoms with Gasteiger partial charge in [-0.1, -0.05) is 12.1 Å². The first-order valence-electron chi connectivity index (χ1n) is 7.46. The van der Waals surface area contributed by atoms with Gasteiger partial charge in [0.25, 0.3) is 5.56 Å². The van der Waals surface area contributed by atoms with Gasteiger partial charge in [-0.25, -0.2) is 8.78 Å². The van der Waals surface area contributed by atoms with Gasteiger partial charge in [-0.05, 0) is 30.3 Å². The summed E-state index contributed by atoms with van der Waals surface area (Å²) in [7, 11) is 1.64. The zero-order valence-corrected chi connectivity index (χ0v) is 13.9. The van der Waals surface area contributed by atoms with Crippen LogP contribution in [-0.4, -0.2) is 19.2 Å². The van der Waals surface area contributed by atoms with Crippen LogP contribution in [0.5, 0.6) is 0 Å². The summed E-state index contributed by atoms with van der Waals surface area (Å²) in [6, 6.07) is 11.0. The van der Waals surface area contributed by atoms with E-state index in [0.717, 1.165) is 12.1 Å². The van der Waals surface area contributed by atoms with Gasteiger partial charge >= 0.3 is 0 Å². The van der Waals surface area contributed by atoms with E-state index in [9.17, 15) is 13.6 Å². The maximum atomic E-state index is 13.3. The molecule has 0 aliphatic carbocycles. The van der Waals surface area contributed by atoms with Crippen LogP contribution in [0, 0.1) is 11.6 Å². The third kappa shape index (κ3) is 2.58. The number of thioether (sulfide) groups is 1. The van der Waals surface area contributed by atoms with Crippen LogP contribution in [0.2, 0.25) is 0 Å². The van der Waals surface area contributed by atoms with Crippen LogP contribution in [0.25, 0.3) is 16.7 Å². The lowest BCUT2D eigenvalue weighted by atomic mass is 10.2. The highest BCUT2D eigenvalue weighted by atomic mass is 32.2. The molecule has 0 saturated heterocycles. The van der Waals surface area contributed by atoms with Crippen molar-refractivity contribution in [1.29, 1.82) is 0 Å². The SMILES string of the molecule is Cn1c(=O)c2ccccc2n2c(CSc3ccc(F)c(F)c3)nnc12. The van der Waals surface area contributed by atoms with Crippen LogP contribution >= 0.6 is 11.8 Å². The molecule has 0 aliphatic rings. The zero-order valence-electron chi connectivity index (χ0n) is 13.1. The van der Waals surface area contributed by atoms with Gasteiger partial charge in [-0.2, -0.15) is 0 Å². The lowest BCUT2D eigenvalue weighted by molar-refractivity contribution is 0.506. The van der Waals surface area contributed by atoms with Crippen molar-refractivity contribution in [3.8, 4) is 0 Å². The second kappa shape index (κ2) is 5.96. The topological polar surface area (TPSA) is 52.2 Å². The summed E-state index contributed by atoms with van der Waals surface area (Å²) >= 11 is 1.32. The summed E-state index contributed by atoms with van der Waals surface area (Å²) in [5, 5.41) is 8.83. The third-order valence-electron chi connectivity index (χ3n) is 3.95. The number of fused-ring (bicyclic) bond motifs is 3. The largest absolute Gasteiger partial charge is 0.279 e. The quantitative estimate of drug-likeness (QED) is 0.528. The molecule has 8 heteroatoms. The number of aromatic nitrogens is 4. The van der Waals surface area contributed by atoms with E-state index in [0.29, 0.717) is 33.2 Å². The predicted molar refractivity (Wildman–Crippen MR) is 91.7 cm³/mol. The summed E-state index contributed by atoms with van der Waals surface area (Å²) in [6.45, 7) is 0. The highest BCUT2D eigenvalue weighted by Gasteiger charge is 2.14. The van der Waals surface area contributed by atoms with Gasteiger partial charge in [-0.3, -0.25) is 13.8 Å². The second-order valence-electron chi connectivity index (χ2n) is 5.50. The molecule has 5 nitrogen and oxygen atoms in total. The maximum absolute atomic E-state index is 13.3. The lowest BCUT2D eigenvalue weighted by Gasteiger charge is -2.07. The molecule has 0 unspecified atom stereocenters. The molecule has 2 aromatic carbocycles. The number of hydrogen-bond acceptors (Lipinski definition) is 4. The first kappa shape index (κ1) is 15.8. The second-order valence-corrected chi connectivity index (χ2v) is 6.55. The summed E-state index contributed by atoms with van der Waals surface area (Å²) in [5.41, 5.74) is 0.571.